The Kier molecular flexibility index (Phi) is 8.28. The van der Waals surface area contributed by atoms with Gasteiger partial charge in [-0.15, -0.1) is 0 Å². The number of imide groups is 1. The Morgan fingerprint density at radius 1 is 0.889 bits per heavy atom. The second-order valence-corrected chi connectivity index (χ2v) is 9.25. The molecule has 1 aliphatic rings. The number of ether oxygens (including phenoxy) is 1. The molecule has 3 amide bonds. The summed E-state index contributed by atoms with van der Waals surface area (Å²) in [6.45, 7) is -0.118. The van der Waals surface area contributed by atoms with E-state index in [4.69, 9.17) is 4.74 Å². The number of hydrogen-bond donors (Lipinski definition) is 2. The van der Waals surface area contributed by atoms with Crippen LogP contribution in [0.5, 0.6) is 5.75 Å². The van der Waals surface area contributed by atoms with Crippen LogP contribution in [-0.4, -0.2) is 50.8 Å². The van der Waals surface area contributed by atoms with Crippen LogP contribution >= 0.6 is 12.6 Å². The summed E-state index contributed by atoms with van der Waals surface area (Å²) in [5.41, 5.74) is 2.92. The van der Waals surface area contributed by atoms with E-state index in [1.807, 2.05) is 72.8 Å². The van der Waals surface area contributed by atoms with Crippen molar-refractivity contribution in [1.82, 2.24) is 9.80 Å². The molecule has 36 heavy (non-hydrogen) atoms. The minimum Gasteiger partial charge on any atom is -0.489 e. The maximum absolute atomic E-state index is 13.3. The van der Waals surface area contributed by atoms with Crippen molar-refractivity contribution < 1.29 is 24.2 Å². The van der Waals surface area contributed by atoms with Gasteiger partial charge < -0.3 is 14.7 Å². The average molecular weight is 505 g/mol. The molecule has 1 heterocycles. The van der Waals surface area contributed by atoms with Crippen molar-refractivity contribution in [2.45, 2.75) is 37.3 Å². The number of thiol groups is 1. The second kappa shape index (κ2) is 11.8. The number of carboxylic acids is 1. The fraction of sp³-hybridized carbons (Fsp3) is 0.250. The van der Waals surface area contributed by atoms with Crippen LogP contribution in [0.4, 0.5) is 4.79 Å². The zero-order valence-corrected chi connectivity index (χ0v) is 20.6. The smallest absolute Gasteiger partial charge is 0.328 e. The molecule has 186 valence electrons. The molecule has 1 fully saturated rings. The molecule has 0 spiro atoms. The Labute approximate surface area is 215 Å². The van der Waals surface area contributed by atoms with E-state index in [1.54, 1.807) is 12.1 Å². The lowest BCUT2D eigenvalue weighted by Gasteiger charge is -2.22. The molecule has 8 heteroatoms. The Balaban J connectivity index is 1.42. The van der Waals surface area contributed by atoms with Gasteiger partial charge in [-0.3, -0.25) is 9.59 Å². The van der Waals surface area contributed by atoms with Gasteiger partial charge in [0, 0.05) is 6.42 Å². The lowest BCUT2D eigenvalue weighted by Crippen LogP contribution is -2.40. The first-order valence-electron chi connectivity index (χ1n) is 11.8. The number of amides is 3. The molecule has 1 N–H and O–H groups in total. The first-order valence-corrected chi connectivity index (χ1v) is 12.3. The molecular weight excluding hydrogens is 476 g/mol. The number of carbonyl (C=O) groups is 3. The van der Waals surface area contributed by atoms with Gasteiger partial charge in [-0.05, 0) is 41.7 Å². The molecule has 0 aromatic heterocycles. The topological polar surface area (TPSA) is 87.2 Å². The largest absolute Gasteiger partial charge is 0.489 e. The van der Waals surface area contributed by atoms with Crippen molar-refractivity contribution in [3.63, 3.8) is 0 Å². The predicted octanol–water partition coefficient (Wildman–Crippen LogP) is 4.41. The van der Waals surface area contributed by atoms with Crippen LogP contribution in [0.1, 0.15) is 23.1 Å². The summed E-state index contributed by atoms with van der Waals surface area (Å²) in [4.78, 5) is 40.0. The number of aryl methyl sites for hydroxylation is 1. The Morgan fingerprint density at radius 3 is 2.11 bits per heavy atom. The molecule has 4 rings (SSSR count). The van der Waals surface area contributed by atoms with Gasteiger partial charge in [0.25, 0.3) is 5.91 Å². The summed E-state index contributed by atoms with van der Waals surface area (Å²) in [7, 11) is 0. The minimum atomic E-state index is -1.17. The number of rotatable bonds is 11. The number of nitrogens with zero attached hydrogens (tertiary/aromatic N) is 2. The summed E-state index contributed by atoms with van der Waals surface area (Å²) < 4.78 is 5.81. The second-order valence-electron chi connectivity index (χ2n) is 8.66. The first kappa shape index (κ1) is 25.3. The van der Waals surface area contributed by atoms with E-state index >= 15 is 0 Å². The highest BCUT2D eigenvalue weighted by molar-refractivity contribution is 7.80. The van der Waals surface area contributed by atoms with Crippen LogP contribution in [0.2, 0.25) is 0 Å². The molecular formula is C28H28N2O5S. The zero-order valence-electron chi connectivity index (χ0n) is 19.7. The van der Waals surface area contributed by atoms with Gasteiger partial charge in [0.1, 0.15) is 24.9 Å². The molecule has 3 aromatic carbocycles. The molecule has 0 aliphatic carbocycles. The summed E-state index contributed by atoms with van der Waals surface area (Å²) in [6.07, 6.45) is 1.30. The van der Waals surface area contributed by atoms with Gasteiger partial charge in [0.2, 0.25) is 0 Å². The first-order chi connectivity index (χ1) is 17.4. The fourth-order valence-corrected chi connectivity index (χ4v) is 4.55. The van der Waals surface area contributed by atoms with Crippen molar-refractivity contribution >= 4 is 30.5 Å². The van der Waals surface area contributed by atoms with E-state index in [1.165, 1.54) is 0 Å². The van der Waals surface area contributed by atoms with Crippen molar-refractivity contribution in [3.05, 3.63) is 102 Å². The van der Waals surface area contributed by atoms with Gasteiger partial charge in [-0.1, -0.05) is 72.8 Å². The third-order valence-corrected chi connectivity index (χ3v) is 6.58. The molecule has 7 nitrogen and oxygen atoms in total. The van der Waals surface area contributed by atoms with Crippen molar-refractivity contribution in [1.29, 1.82) is 0 Å². The standard InChI is InChI=1S/C28H28N2O5S/c31-26(32)18-29-24(17-21-11-14-23(15-12-21)35-19-22-9-5-2-6-10-22)27(33)30(28(29)34)25(36)16-13-20-7-3-1-4-8-20/h1-12,14-15,24-25,36H,13,16-19H2,(H,31,32). The SMILES string of the molecule is O=C(O)CN1C(=O)N(C(S)CCc2ccccc2)C(=O)C1Cc1ccc(OCc2ccccc2)cc1. The van der Waals surface area contributed by atoms with Crippen LogP contribution < -0.4 is 4.74 Å². The lowest BCUT2D eigenvalue weighted by atomic mass is 10.0. The Bertz CT molecular complexity index is 1190. The minimum absolute atomic E-state index is 0.201. The number of carboxylic acid groups (broad SMARTS) is 1. The van der Waals surface area contributed by atoms with Crippen LogP contribution in [-0.2, 0) is 29.0 Å². The number of hydrogen-bond acceptors (Lipinski definition) is 5. The van der Waals surface area contributed by atoms with Gasteiger partial charge in [0.05, 0.1) is 5.37 Å². The molecule has 2 atom stereocenters. The zero-order chi connectivity index (χ0) is 25.5. The third-order valence-electron chi connectivity index (χ3n) is 6.09. The quantitative estimate of drug-likeness (QED) is 0.298. The monoisotopic (exact) mass is 504 g/mol. The van der Waals surface area contributed by atoms with E-state index < -0.39 is 35.9 Å². The lowest BCUT2D eigenvalue weighted by molar-refractivity contribution is -0.138. The van der Waals surface area contributed by atoms with E-state index in [0.717, 1.165) is 26.5 Å². The summed E-state index contributed by atoms with van der Waals surface area (Å²) in [5, 5.41) is 8.72. The highest BCUT2D eigenvalue weighted by Gasteiger charge is 2.47. The van der Waals surface area contributed by atoms with Crippen molar-refractivity contribution in [3.8, 4) is 5.75 Å². The van der Waals surface area contributed by atoms with Gasteiger partial charge in [-0.2, -0.15) is 12.6 Å². The molecule has 0 bridgehead atoms. The fourth-order valence-electron chi connectivity index (χ4n) is 4.21. The number of aliphatic carboxylic acids is 1. The number of carbonyl (C=O) groups excluding carboxylic acids is 2. The summed E-state index contributed by atoms with van der Waals surface area (Å²) >= 11 is 4.53. The Hall–Kier alpha value is -3.78. The third kappa shape index (κ3) is 6.26. The summed E-state index contributed by atoms with van der Waals surface area (Å²) in [5.74, 6) is -0.928. The average Bonchev–Trinajstić information content (AvgIpc) is 3.11. The maximum atomic E-state index is 13.3. The molecule has 1 saturated heterocycles. The summed E-state index contributed by atoms with van der Waals surface area (Å²) in [6, 6.07) is 25.3. The molecule has 3 aromatic rings. The normalized spacial score (nSPS) is 16.3. The number of urea groups is 1. The van der Waals surface area contributed by atoms with E-state index in [2.05, 4.69) is 12.6 Å². The van der Waals surface area contributed by atoms with E-state index in [0.29, 0.717) is 25.2 Å². The van der Waals surface area contributed by atoms with Crippen molar-refractivity contribution in [2.75, 3.05) is 6.54 Å². The van der Waals surface area contributed by atoms with Crippen LogP contribution in [0.3, 0.4) is 0 Å². The van der Waals surface area contributed by atoms with Crippen LogP contribution in [0.15, 0.2) is 84.9 Å². The molecule has 0 saturated carbocycles. The van der Waals surface area contributed by atoms with Gasteiger partial charge >= 0.3 is 12.0 Å². The highest BCUT2D eigenvalue weighted by atomic mass is 32.1. The van der Waals surface area contributed by atoms with Crippen molar-refractivity contribution in [2.24, 2.45) is 0 Å². The van der Waals surface area contributed by atoms with Crippen LogP contribution in [0, 0.1) is 0 Å². The highest BCUT2D eigenvalue weighted by Crippen LogP contribution is 2.27. The van der Waals surface area contributed by atoms with Gasteiger partial charge in [-0.25, -0.2) is 9.69 Å². The van der Waals surface area contributed by atoms with E-state index in [9.17, 15) is 19.5 Å². The van der Waals surface area contributed by atoms with E-state index in [-0.39, 0.29) is 6.42 Å². The number of benzene rings is 3. The van der Waals surface area contributed by atoms with Gasteiger partial charge in [0.15, 0.2) is 0 Å². The molecule has 2 unspecified atom stereocenters. The maximum Gasteiger partial charge on any atom is 0.328 e. The molecule has 0 radical (unpaired) electrons. The predicted molar refractivity (Wildman–Crippen MR) is 139 cm³/mol. The molecule has 1 aliphatic heterocycles. The van der Waals surface area contributed by atoms with Crippen LogP contribution in [0.25, 0.3) is 0 Å². The Morgan fingerprint density at radius 2 is 1.50 bits per heavy atom.